The van der Waals surface area contributed by atoms with Crippen LogP contribution < -0.4 is 4.74 Å². The number of carbonyl (C=O) groups is 1. The highest BCUT2D eigenvalue weighted by atomic mass is 16.5. The Morgan fingerprint density at radius 2 is 2.29 bits per heavy atom. The number of nitrogens with zero attached hydrogens (tertiary/aromatic N) is 2. The second-order valence-electron chi connectivity index (χ2n) is 4.16. The van der Waals surface area contributed by atoms with Gasteiger partial charge in [-0.2, -0.15) is 5.26 Å². The zero-order valence-electron chi connectivity index (χ0n) is 9.88. The molecule has 1 amide bonds. The molecule has 0 bridgehead atoms. The largest absolute Gasteiger partial charge is 0.492 e. The lowest BCUT2D eigenvalue weighted by atomic mass is 9.99. The van der Waals surface area contributed by atoms with Gasteiger partial charge in [0, 0.05) is 12.6 Å². The third-order valence-electron chi connectivity index (χ3n) is 3.11. The van der Waals surface area contributed by atoms with Crippen LogP contribution in [0.2, 0.25) is 0 Å². The van der Waals surface area contributed by atoms with Gasteiger partial charge in [0.25, 0.3) is 0 Å². The van der Waals surface area contributed by atoms with Crippen molar-refractivity contribution in [2.24, 2.45) is 0 Å². The van der Waals surface area contributed by atoms with E-state index in [0.717, 1.165) is 11.3 Å². The molecule has 2 rings (SSSR count). The molecule has 0 saturated heterocycles. The average molecular weight is 230 g/mol. The lowest BCUT2D eigenvalue weighted by Gasteiger charge is -2.22. The van der Waals surface area contributed by atoms with Gasteiger partial charge in [0.2, 0.25) is 5.91 Å². The highest BCUT2D eigenvalue weighted by Gasteiger charge is 2.33. The molecule has 0 spiro atoms. The highest BCUT2D eigenvalue weighted by molar-refractivity contribution is 5.85. The minimum Gasteiger partial charge on any atom is -0.492 e. The fraction of sp³-hybridized carbons (Fsp3) is 0.385. The molecule has 4 nitrogen and oxygen atoms in total. The number of rotatable bonds is 2. The number of nitriles is 1. The number of fused-ring (bicyclic) bond motifs is 1. The van der Waals surface area contributed by atoms with Crippen molar-refractivity contribution in [1.82, 2.24) is 4.90 Å². The van der Waals surface area contributed by atoms with Crippen LogP contribution in [0.1, 0.15) is 18.4 Å². The molecule has 2 atom stereocenters. The Morgan fingerprint density at radius 3 is 3.00 bits per heavy atom. The van der Waals surface area contributed by atoms with E-state index in [1.807, 2.05) is 24.3 Å². The Morgan fingerprint density at radius 1 is 1.59 bits per heavy atom. The zero-order valence-corrected chi connectivity index (χ0v) is 9.88. The molecule has 0 fully saturated rings. The van der Waals surface area contributed by atoms with E-state index in [0.29, 0.717) is 6.61 Å². The van der Waals surface area contributed by atoms with Crippen molar-refractivity contribution in [2.75, 3.05) is 13.7 Å². The monoisotopic (exact) mass is 230 g/mol. The molecule has 0 aliphatic carbocycles. The molecule has 4 heteroatoms. The van der Waals surface area contributed by atoms with Crippen LogP contribution in [0, 0.1) is 11.3 Å². The molecule has 1 aliphatic rings. The topological polar surface area (TPSA) is 53.3 Å². The fourth-order valence-electron chi connectivity index (χ4n) is 1.89. The smallest absolute Gasteiger partial charge is 0.234 e. The molecule has 1 aliphatic heterocycles. The van der Waals surface area contributed by atoms with Crippen molar-refractivity contribution in [2.45, 2.75) is 18.9 Å². The molecular formula is C13H14N2O2. The number of hydrogen-bond acceptors (Lipinski definition) is 3. The molecule has 0 N–H and O–H groups in total. The Bertz CT molecular complexity index is 479. The van der Waals surface area contributed by atoms with Gasteiger partial charge in [-0.25, -0.2) is 0 Å². The molecule has 0 saturated carbocycles. The summed E-state index contributed by atoms with van der Waals surface area (Å²) in [6.45, 7) is 2.07. The van der Waals surface area contributed by atoms with Crippen LogP contribution in [0.4, 0.5) is 0 Å². The van der Waals surface area contributed by atoms with E-state index in [9.17, 15) is 4.79 Å². The maximum atomic E-state index is 12.2. The summed E-state index contributed by atoms with van der Waals surface area (Å²) in [6.07, 6.45) is 0. The summed E-state index contributed by atoms with van der Waals surface area (Å²) >= 11 is 0. The van der Waals surface area contributed by atoms with E-state index in [2.05, 4.69) is 6.07 Å². The minimum absolute atomic E-state index is 0.0657. The number of amides is 1. The van der Waals surface area contributed by atoms with Gasteiger partial charge in [-0.15, -0.1) is 0 Å². The maximum Gasteiger partial charge on any atom is 0.234 e. The molecule has 1 aromatic carbocycles. The van der Waals surface area contributed by atoms with Crippen LogP contribution in [-0.4, -0.2) is 30.5 Å². The molecule has 1 heterocycles. The third-order valence-corrected chi connectivity index (χ3v) is 3.11. The summed E-state index contributed by atoms with van der Waals surface area (Å²) in [6, 6.07) is 9.16. The molecule has 88 valence electrons. The number of likely N-dealkylation sites (N-methyl/N-ethyl adjacent to an activating group) is 1. The van der Waals surface area contributed by atoms with Crippen molar-refractivity contribution in [1.29, 1.82) is 5.26 Å². The van der Waals surface area contributed by atoms with Gasteiger partial charge < -0.3 is 9.64 Å². The Hall–Kier alpha value is -2.02. The van der Waals surface area contributed by atoms with Crippen LogP contribution in [-0.2, 0) is 4.79 Å². The van der Waals surface area contributed by atoms with Crippen molar-refractivity contribution in [3.05, 3.63) is 29.8 Å². The first-order chi connectivity index (χ1) is 8.15. The standard InChI is InChI=1S/C13H14N2O2/c1-9(7-14)15(2)13(16)11-8-17-12-6-4-3-5-10(11)12/h3-6,9,11H,8H2,1-2H3. The molecule has 0 aromatic heterocycles. The summed E-state index contributed by atoms with van der Waals surface area (Å²) in [7, 11) is 1.65. The predicted molar refractivity (Wildman–Crippen MR) is 62.5 cm³/mol. The molecule has 17 heavy (non-hydrogen) atoms. The summed E-state index contributed by atoms with van der Waals surface area (Å²) < 4.78 is 5.47. The first kappa shape index (κ1) is 11.5. The van der Waals surface area contributed by atoms with Crippen molar-refractivity contribution < 1.29 is 9.53 Å². The van der Waals surface area contributed by atoms with Crippen LogP contribution in [0.15, 0.2) is 24.3 Å². The lowest BCUT2D eigenvalue weighted by molar-refractivity contribution is -0.132. The fourth-order valence-corrected chi connectivity index (χ4v) is 1.89. The minimum atomic E-state index is -0.421. The quantitative estimate of drug-likeness (QED) is 0.774. The predicted octanol–water partition coefficient (Wildman–Crippen LogP) is 1.53. The van der Waals surface area contributed by atoms with E-state index in [4.69, 9.17) is 10.00 Å². The van der Waals surface area contributed by atoms with Gasteiger partial charge in [0.05, 0.1) is 6.07 Å². The van der Waals surface area contributed by atoms with E-state index in [1.54, 1.807) is 14.0 Å². The van der Waals surface area contributed by atoms with E-state index >= 15 is 0 Å². The summed E-state index contributed by atoms with van der Waals surface area (Å²) in [5.74, 6) is 0.417. The Labute approximate surface area is 100 Å². The Kier molecular flexibility index (Phi) is 3.01. The number of benzene rings is 1. The van der Waals surface area contributed by atoms with Gasteiger partial charge >= 0.3 is 0 Å². The summed E-state index contributed by atoms with van der Waals surface area (Å²) in [5, 5.41) is 8.82. The molecular weight excluding hydrogens is 216 g/mol. The van der Waals surface area contributed by atoms with Gasteiger partial charge in [-0.05, 0) is 13.0 Å². The highest BCUT2D eigenvalue weighted by Crippen LogP contribution is 2.34. The number of hydrogen-bond donors (Lipinski definition) is 0. The number of ether oxygens (including phenoxy) is 1. The van der Waals surface area contributed by atoms with E-state index < -0.39 is 6.04 Å². The van der Waals surface area contributed by atoms with Crippen LogP contribution >= 0.6 is 0 Å². The van der Waals surface area contributed by atoms with Gasteiger partial charge in [-0.1, -0.05) is 18.2 Å². The van der Waals surface area contributed by atoms with Gasteiger partial charge in [0.15, 0.2) is 0 Å². The number of carbonyl (C=O) groups excluding carboxylic acids is 1. The normalized spacial score (nSPS) is 18.8. The van der Waals surface area contributed by atoms with Crippen LogP contribution in [0.5, 0.6) is 5.75 Å². The van der Waals surface area contributed by atoms with Crippen molar-refractivity contribution in [3.63, 3.8) is 0 Å². The first-order valence-corrected chi connectivity index (χ1v) is 5.53. The maximum absolute atomic E-state index is 12.2. The zero-order chi connectivity index (χ0) is 12.4. The molecule has 1 aromatic rings. The lowest BCUT2D eigenvalue weighted by Crippen LogP contribution is -2.38. The van der Waals surface area contributed by atoms with Crippen molar-refractivity contribution in [3.8, 4) is 11.8 Å². The molecule has 2 unspecified atom stereocenters. The Balaban J connectivity index is 2.21. The SMILES string of the molecule is CC(C#N)N(C)C(=O)C1COc2ccccc21. The second kappa shape index (κ2) is 4.46. The summed E-state index contributed by atoms with van der Waals surface area (Å²) in [5.41, 5.74) is 0.912. The summed E-state index contributed by atoms with van der Waals surface area (Å²) in [4.78, 5) is 13.7. The van der Waals surface area contributed by atoms with Crippen molar-refractivity contribution >= 4 is 5.91 Å². The van der Waals surface area contributed by atoms with E-state index in [1.165, 1.54) is 4.90 Å². The van der Waals surface area contributed by atoms with Crippen LogP contribution in [0.3, 0.4) is 0 Å². The second-order valence-corrected chi connectivity index (χ2v) is 4.16. The molecule has 0 radical (unpaired) electrons. The average Bonchev–Trinajstić information content (AvgIpc) is 2.79. The van der Waals surface area contributed by atoms with Gasteiger partial charge in [0.1, 0.15) is 24.3 Å². The van der Waals surface area contributed by atoms with E-state index in [-0.39, 0.29) is 11.8 Å². The third kappa shape index (κ3) is 1.96. The first-order valence-electron chi connectivity index (χ1n) is 5.53. The number of para-hydroxylation sites is 1. The van der Waals surface area contributed by atoms with Crippen LogP contribution in [0.25, 0.3) is 0 Å². The van der Waals surface area contributed by atoms with Gasteiger partial charge in [-0.3, -0.25) is 4.79 Å².